The highest BCUT2D eigenvalue weighted by molar-refractivity contribution is 6.22. The molecule has 1 aliphatic rings. The molecular formula is C16H13ClN2O. The van der Waals surface area contributed by atoms with E-state index in [0.717, 1.165) is 16.8 Å². The first-order valence-electron chi connectivity index (χ1n) is 6.32. The molecule has 100 valence electrons. The van der Waals surface area contributed by atoms with Crippen LogP contribution in [0.1, 0.15) is 17.2 Å². The molecule has 0 aliphatic carbocycles. The van der Waals surface area contributed by atoms with Crippen LogP contribution in [0.5, 0.6) is 0 Å². The minimum Gasteiger partial charge on any atom is -0.331 e. The minimum atomic E-state index is -0.462. The Morgan fingerprint density at radius 3 is 2.50 bits per heavy atom. The Morgan fingerprint density at radius 1 is 1.05 bits per heavy atom. The standard InChI is InChI=1S/C16H13ClN2O/c17-18-16(20)15-14-9-5-4-6-12(14)10-11-19(15)13-7-2-1-3-8-13/h1-11,15H,(H,18,20). The van der Waals surface area contributed by atoms with E-state index in [1.54, 1.807) is 0 Å². The third kappa shape index (κ3) is 2.17. The Hall–Kier alpha value is -2.26. The van der Waals surface area contributed by atoms with Crippen LogP contribution >= 0.6 is 11.8 Å². The van der Waals surface area contributed by atoms with Crippen molar-refractivity contribution in [2.75, 3.05) is 4.90 Å². The summed E-state index contributed by atoms with van der Waals surface area (Å²) in [6.45, 7) is 0. The maximum atomic E-state index is 12.2. The van der Waals surface area contributed by atoms with Crippen LogP contribution in [0, 0.1) is 0 Å². The van der Waals surface area contributed by atoms with Crippen LogP contribution in [-0.4, -0.2) is 5.91 Å². The van der Waals surface area contributed by atoms with E-state index in [1.165, 1.54) is 0 Å². The van der Waals surface area contributed by atoms with Gasteiger partial charge >= 0.3 is 0 Å². The molecule has 0 bridgehead atoms. The van der Waals surface area contributed by atoms with E-state index in [4.69, 9.17) is 11.8 Å². The zero-order valence-electron chi connectivity index (χ0n) is 10.7. The number of amides is 1. The lowest BCUT2D eigenvalue weighted by Gasteiger charge is -2.33. The van der Waals surface area contributed by atoms with Crippen LogP contribution in [0.2, 0.25) is 0 Å². The number of halogens is 1. The van der Waals surface area contributed by atoms with Crippen molar-refractivity contribution in [3.63, 3.8) is 0 Å². The number of nitrogens with zero attached hydrogens (tertiary/aromatic N) is 1. The number of carbonyl (C=O) groups excluding carboxylic acids is 1. The van der Waals surface area contributed by atoms with E-state index in [-0.39, 0.29) is 5.91 Å². The predicted molar refractivity (Wildman–Crippen MR) is 81.1 cm³/mol. The average Bonchev–Trinajstić information content (AvgIpc) is 2.54. The molecule has 1 amide bonds. The topological polar surface area (TPSA) is 32.3 Å². The van der Waals surface area contributed by atoms with Crippen molar-refractivity contribution in [2.45, 2.75) is 6.04 Å². The SMILES string of the molecule is O=C(NCl)C1c2ccccc2C=CN1c1ccccc1. The summed E-state index contributed by atoms with van der Waals surface area (Å²) in [6.07, 6.45) is 3.91. The molecule has 2 aromatic rings. The van der Waals surface area contributed by atoms with Crippen molar-refractivity contribution in [3.05, 3.63) is 71.9 Å². The number of nitrogens with one attached hydrogen (secondary N) is 1. The van der Waals surface area contributed by atoms with Crippen molar-refractivity contribution < 1.29 is 4.79 Å². The van der Waals surface area contributed by atoms with E-state index in [0.29, 0.717) is 0 Å². The first kappa shape index (κ1) is 12.8. The normalized spacial score (nSPS) is 16.6. The zero-order valence-corrected chi connectivity index (χ0v) is 11.4. The summed E-state index contributed by atoms with van der Waals surface area (Å²) < 4.78 is 0. The molecule has 20 heavy (non-hydrogen) atoms. The Bertz CT molecular complexity index is 655. The van der Waals surface area contributed by atoms with Gasteiger partial charge in [0.15, 0.2) is 0 Å². The number of hydrogen-bond acceptors (Lipinski definition) is 2. The molecular weight excluding hydrogens is 272 g/mol. The fourth-order valence-corrected chi connectivity index (χ4v) is 2.57. The molecule has 1 heterocycles. The smallest absolute Gasteiger partial charge is 0.262 e. The van der Waals surface area contributed by atoms with Crippen LogP contribution in [0.4, 0.5) is 5.69 Å². The number of fused-ring (bicyclic) bond motifs is 1. The van der Waals surface area contributed by atoms with Gasteiger partial charge in [-0.15, -0.1) is 0 Å². The van der Waals surface area contributed by atoms with Crippen LogP contribution in [0.15, 0.2) is 60.8 Å². The molecule has 1 aliphatic heterocycles. The highest BCUT2D eigenvalue weighted by Crippen LogP contribution is 2.34. The van der Waals surface area contributed by atoms with Gasteiger partial charge in [0.25, 0.3) is 5.91 Å². The van der Waals surface area contributed by atoms with Crippen molar-refractivity contribution in [2.24, 2.45) is 0 Å². The molecule has 0 aromatic heterocycles. The van der Waals surface area contributed by atoms with Crippen LogP contribution in [0.25, 0.3) is 6.08 Å². The van der Waals surface area contributed by atoms with Gasteiger partial charge in [0.1, 0.15) is 6.04 Å². The summed E-state index contributed by atoms with van der Waals surface area (Å²) in [5.74, 6) is -0.243. The maximum Gasteiger partial charge on any atom is 0.262 e. The van der Waals surface area contributed by atoms with Crippen molar-refractivity contribution in [1.82, 2.24) is 4.84 Å². The lowest BCUT2D eigenvalue weighted by molar-refractivity contribution is -0.120. The molecule has 2 aromatic carbocycles. The summed E-state index contributed by atoms with van der Waals surface area (Å²) in [4.78, 5) is 16.3. The fraction of sp³-hybridized carbons (Fsp3) is 0.0625. The second-order valence-electron chi connectivity index (χ2n) is 4.55. The summed E-state index contributed by atoms with van der Waals surface area (Å²) in [6, 6.07) is 17.1. The van der Waals surface area contributed by atoms with Gasteiger partial charge < -0.3 is 4.90 Å². The van der Waals surface area contributed by atoms with Crippen molar-refractivity contribution in [3.8, 4) is 0 Å². The van der Waals surface area contributed by atoms with Crippen LogP contribution < -0.4 is 9.74 Å². The lowest BCUT2D eigenvalue weighted by atomic mass is 9.95. The summed E-state index contributed by atoms with van der Waals surface area (Å²) in [7, 11) is 0. The Morgan fingerprint density at radius 2 is 1.75 bits per heavy atom. The number of para-hydroxylation sites is 1. The molecule has 1 unspecified atom stereocenters. The van der Waals surface area contributed by atoms with E-state index < -0.39 is 6.04 Å². The predicted octanol–water partition coefficient (Wildman–Crippen LogP) is 3.49. The van der Waals surface area contributed by atoms with Gasteiger partial charge in [0.2, 0.25) is 0 Å². The Labute approximate surface area is 122 Å². The lowest BCUT2D eigenvalue weighted by Crippen LogP contribution is -2.36. The summed E-state index contributed by atoms with van der Waals surface area (Å²) in [5.41, 5.74) is 2.92. The van der Waals surface area contributed by atoms with Gasteiger partial charge in [-0.05, 0) is 29.3 Å². The molecule has 0 radical (unpaired) electrons. The number of benzene rings is 2. The molecule has 3 nitrogen and oxygen atoms in total. The first-order valence-corrected chi connectivity index (χ1v) is 6.70. The third-order valence-electron chi connectivity index (χ3n) is 3.38. The molecule has 0 saturated heterocycles. The molecule has 3 rings (SSSR count). The molecule has 4 heteroatoms. The van der Waals surface area contributed by atoms with Crippen LogP contribution in [-0.2, 0) is 4.79 Å². The van der Waals surface area contributed by atoms with Gasteiger partial charge in [-0.25, -0.2) is 0 Å². The van der Waals surface area contributed by atoms with Gasteiger partial charge in [-0.1, -0.05) is 42.5 Å². The monoisotopic (exact) mass is 284 g/mol. The molecule has 1 N–H and O–H groups in total. The number of hydrogen-bond donors (Lipinski definition) is 1. The molecule has 1 atom stereocenters. The molecule has 0 spiro atoms. The fourth-order valence-electron chi connectivity index (χ4n) is 2.46. The number of rotatable bonds is 2. The van der Waals surface area contributed by atoms with E-state index in [9.17, 15) is 4.79 Å². The third-order valence-corrected chi connectivity index (χ3v) is 3.57. The van der Waals surface area contributed by atoms with Gasteiger partial charge in [0.05, 0.1) is 0 Å². The average molecular weight is 285 g/mol. The number of carbonyl (C=O) groups is 1. The number of anilines is 1. The maximum absolute atomic E-state index is 12.2. The quantitative estimate of drug-likeness (QED) is 0.856. The van der Waals surface area contributed by atoms with Gasteiger partial charge in [-0.2, -0.15) is 0 Å². The summed E-state index contributed by atoms with van der Waals surface area (Å²) in [5, 5.41) is 0. The van der Waals surface area contributed by atoms with Crippen LogP contribution in [0.3, 0.4) is 0 Å². The minimum absolute atomic E-state index is 0.243. The Balaban J connectivity index is 2.10. The van der Waals surface area contributed by atoms with E-state index in [1.807, 2.05) is 71.8 Å². The van der Waals surface area contributed by atoms with Crippen molar-refractivity contribution >= 4 is 29.4 Å². The largest absolute Gasteiger partial charge is 0.331 e. The second-order valence-corrected chi connectivity index (χ2v) is 4.74. The van der Waals surface area contributed by atoms with E-state index in [2.05, 4.69) is 4.84 Å². The summed E-state index contributed by atoms with van der Waals surface area (Å²) >= 11 is 5.55. The second kappa shape index (κ2) is 5.39. The van der Waals surface area contributed by atoms with E-state index >= 15 is 0 Å². The highest BCUT2D eigenvalue weighted by Gasteiger charge is 2.30. The first-order chi connectivity index (χ1) is 9.81. The highest BCUT2D eigenvalue weighted by atomic mass is 35.5. The Kier molecular flexibility index (Phi) is 3.44. The zero-order chi connectivity index (χ0) is 13.9. The molecule has 0 fully saturated rings. The molecule has 0 saturated carbocycles. The van der Waals surface area contributed by atoms with Crippen molar-refractivity contribution in [1.29, 1.82) is 0 Å². The van der Waals surface area contributed by atoms with Gasteiger partial charge in [-0.3, -0.25) is 9.63 Å². The van der Waals surface area contributed by atoms with Gasteiger partial charge in [0, 0.05) is 23.7 Å².